The van der Waals surface area contributed by atoms with Crippen LogP contribution in [0.5, 0.6) is 0 Å². The molecule has 1 atom stereocenters. The van der Waals surface area contributed by atoms with Crippen LogP contribution in [0.2, 0.25) is 0 Å². The minimum absolute atomic E-state index is 0.00829. The Bertz CT molecular complexity index is 590. The number of aliphatic hydroxyl groups excluding tert-OH is 1. The van der Waals surface area contributed by atoms with Crippen LogP contribution in [0.25, 0.3) is 0 Å². The Morgan fingerprint density at radius 2 is 2.04 bits per heavy atom. The van der Waals surface area contributed by atoms with Crippen LogP contribution in [0.3, 0.4) is 0 Å². The van der Waals surface area contributed by atoms with E-state index in [9.17, 15) is 14.7 Å². The summed E-state index contributed by atoms with van der Waals surface area (Å²) in [6.07, 6.45) is 3.58. The van der Waals surface area contributed by atoms with Gasteiger partial charge in [0.15, 0.2) is 0 Å². The lowest BCUT2D eigenvalue weighted by atomic mass is 9.91. The molecule has 2 N–H and O–H groups in total. The van der Waals surface area contributed by atoms with Gasteiger partial charge in [0.25, 0.3) is 5.91 Å². The minimum Gasteiger partial charge on any atom is -0.393 e. The van der Waals surface area contributed by atoms with E-state index in [1.165, 1.54) is 6.08 Å². The van der Waals surface area contributed by atoms with Crippen molar-refractivity contribution < 1.29 is 14.7 Å². The van der Waals surface area contributed by atoms with Crippen LogP contribution in [0.1, 0.15) is 42.1 Å². The van der Waals surface area contributed by atoms with Gasteiger partial charge in [-0.2, -0.15) is 0 Å². The summed E-state index contributed by atoms with van der Waals surface area (Å²) >= 11 is 0. The molecule has 0 aromatic heterocycles. The monoisotopic (exact) mass is 330 g/mol. The average Bonchev–Trinajstić information content (AvgIpc) is 2.59. The van der Waals surface area contributed by atoms with Gasteiger partial charge in [0.05, 0.1) is 6.10 Å². The van der Waals surface area contributed by atoms with Crippen LogP contribution in [0.15, 0.2) is 36.9 Å². The molecule has 1 fully saturated rings. The summed E-state index contributed by atoms with van der Waals surface area (Å²) in [5, 5.41) is 12.2. The molecule has 5 nitrogen and oxygen atoms in total. The van der Waals surface area contributed by atoms with Gasteiger partial charge in [-0.25, -0.2) is 0 Å². The highest BCUT2D eigenvalue weighted by molar-refractivity contribution is 5.96. The van der Waals surface area contributed by atoms with E-state index in [0.717, 1.165) is 24.8 Å². The molecule has 1 aliphatic heterocycles. The third-order valence-electron chi connectivity index (χ3n) is 4.46. The zero-order valence-electron chi connectivity index (χ0n) is 14.2. The molecule has 5 heteroatoms. The van der Waals surface area contributed by atoms with Gasteiger partial charge in [-0.05, 0) is 49.8 Å². The Labute approximate surface area is 143 Å². The summed E-state index contributed by atoms with van der Waals surface area (Å²) < 4.78 is 0. The Kier molecular flexibility index (Phi) is 6.55. The second kappa shape index (κ2) is 8.64. The Morgan fingerprint density at radius 1 is 1.38 bits per heavy atom. The number of amides is 2. The summed E-state index contributed by atoms with van der Waals surface area (Å²) in [7, 11) is 0. The van der Waals surface area contributed by atoms with E-state index in [-0.39, 0.29) is 17.9 Å². The molecule has 1 aromatic carbocycles. The van der Waals surface area contributed by atoms with Crippen molar-refractivity contribution in [1.29, 1.82) is 0 Å². The molecule has 2 rings (SSSR count). The van der Waals surface area contributed by atoms with Crippen molar-refractivity contribution in [3.05, 3.63) is 48.0 Å². The van der Waals surface area contributed by atoms with E-state index in [1.54, 1.807) is 6.07 Å². The molecule has 1 aliphatic rings. The van der Waals surface area contributed by atoms with E-state index in [1.807, 2.05) is 30.0 Å². The zero-order valence-corrected chi connectivity index (χ0v) is 14.2. The largest absolute Gasteiger partial charge is 0.393 e. The van der Waals surface area contributed by atoms with Crippen LogP contribution in [0, 0.1) is 5.92 Å². The second-order valence-electron chi connectivity index (χ2n) is 6.40. The predicted molar refractivity (Wildman–Crippen MR) is 93.4 cm³/mol. The van der Waals surface area contributed by atoms with Crippen LogP contribution >= 0.6 is 0 Å². The Balaban J connectivity index is 2.00. The van der Waals surface area contributed by atoms with E-state index in [4.69, 9.17) is 0 Å². The first-order valence-corrected chi connectivity index (χ1v) is 8.46. The fourth-order valence-electron chi connectivity index (χ4n) is 3.16. The number of piperidine rings is 1. The van der Waals surface area contributed by atoms with Gasteiger partial charge >= 0.3 is 0 Å². The molecule has 1 saturated heterocycles. The molecule has 0 bridgehead atoms. The molecule has 0 saturated carbocycles. The summed E-state index contributed by atoms with van der Waals surface area (Å²) in [6, 6.07) is 7.36. The third kappa shape index (κ3) is 4.93. The van der Waals surface area contributed by atoms with Gasteiger partial charge in [0.2, 0.25) is 5.91 Å². The standard InChI is InChI=1S/C19H26N2O3/c1-3-18(23)20-13-16-6-4-5-7-17(16)19(24)21-10-8-15(9-11-21)12-14(2)22/h3-7,14-15,22H,1,8-13H2,2H3,(H,20,23). The number of carbonyl (C=O) groups is 2. The summed E-state index contributed by atoms with van der Waals surface area (Å²) in [4.78, 5) is 26.0. The van der Waals surface area contributed by atoms with Gasteiger partial charge in [-0.1, -0.05) is 24.8 Å². The SMILES string of the molecule is C=CC(=O)NCc1ccccc1C(=O)N1CCC(CC(C)O)CC1. The van der Waals surface area contributed by atoms with Crippen molar-refractivity contribution in [3.8, 4) is 0 Å². The number of aliphatic hydroxyl groups is 1. The topological polar surface area (TPSA) is 69.6 Å². The van der Waals surface area contributed by atoms with Crippen LogP contribution in [-0.4, -0.2) is 41.0 Å². The zero-order chi connectivity index (χ0) is 17.5. The van der Waals surface area contributed by atoms with E-state index in [2.05, 4.69) is 11.9 Å². The van der Waals surface area contributed by atoms with Crippen molar-refractivity contribution in [3.63, 3.8) is 0 Å². The molecule has 0 spiro atoms. The highest BCUT2D eigenvalue weighted by Crippen LogP contribution is 2.23. The Morgan fingerprint density at radius 3 is 2.67 bits per heavy atom. The average molecular weight is 330 g/mol. The fraction of sp³-hybridized carbons (Fsp3) is 0.474. The number of nitrogens with one attached hydrogen (secondary N) is 1. The fourth-order valence-corrected chi connectivity index (χ4v) is 3.16. The van der Waals surface area contributed by atoms with Crippen molar-refractivity contribution >= 4 is 11.8 Å². The number of rotatable bonds is 6. The summed E-state index contributed by atoms with van der Waals surface area (Å²) in [6.45, 7) is 6.97. The van der Waals surface area contributed by atoms with Crippen molar-refractivity contribution in [2.45, 2.75) is 38.8 Å². The number of nitrogens with zero attached hydrogens (tertiary/aromatic N) is 1. The number of hydrogen-bond donors (Lipinski definition) is 2. The second-order valence-corrected chi connectivity index (χ2v) is 6.40. The van der Waals surface area contributed by atoms with Gasteiger partial charge in [-0.3, -0.25) is 9.59 Å². The van der Waals surface area contributed by atoms with Gasteiger partial charge < -0.3 is 15.3 Å². The lowest BCUT2D eigenvalue weighted by Crippen LogP contribution is -2.39. The molecule has 0 aliphatic carbocycles. The number of carbonyl (C=O) groups excluding carboxylic acids is 2. The Hall–Kier alpha value is -2.14. The first-order valence-electron chi connectivity index (χ1n) is 8.46. The molecule has 0 radical (unpaired) electrons. The van der Waals surface area contributed by atoms with Crippen LogP contribution in [0.4, 0.5) is 0 Å². The van der Waals surface area contributed by atoms with Crippen LogP contribution < -0.4 is 5.32 Å². The molecule has 1 heterocycles. The maximum atomic E-state index is 12.8. The molecule has 130 valence electrons. The molecule has 24 heavy (non-hydrogen) atoms. The van der Waals surface area contributed by atoms with Crippen molar-refractivity contribution in [2.75, 3.05) is 13.1 Å². The maximum absolute atomic E-state index is 12.8. The van der Waals surface area contributed by atoms with E-state index < -0.39 is 0 Å². The molecular weight excluding hydrogens is 304 g/mol. The molecular formula is C19H26N2O3. The first-order chi connectivity index (χ1) is 11.5. The van der Waals surface area contributed by atoms with Crippen molar-refractivity contribution in [1.82, 2.24) is 10.2 Å². The third-order valence-corrected chi connectivity index (χ3v) is 4.46. The molecule has 1 aromatic rings. The molecule has 1 unspecified atom stereocenters. The lowest BCUT2D eigenvalue weighted by molar-refractivity contribution is -0.116. The summed E-state index contributed by atoms with van der Waals surface area (Å²) in [5.74, 6) is 0.237. The number of hydrogen-bond acceptors (Lipinski definition) is 3. The quantitative estimate of drug-likeness (QED) is 0.785. The van der Waals surface area contributed by atoms with Gasteiger partial charge in [0, 0.05) is 25.2 Å². The highest BCUT2D eigenvalue weighted by Gasteiger charge is 2.25. The van der Waals surface area contributed by atoms with Gasteiger partial charge in [-0.15, -0.1) is 0 Å². The normalized spacial score (nSPS) is 16.5. The first kappa shape index (κ1) is 18.2. The molecule has 2 amide bonds. The predicted octanol–water partition coefficient (Wildman–Crippen LogP) is 2.11. The minimum atomic E-state index is -0.286. The number of likely N-dealkylation sites (tertiary alicyclic amines) is 1. The smallest absolute Gasteiger partial charge is 0.254 e. The van der Waals surface area contributed by atoms with Crippen LogP contribution in [-0.2, 0) is 11.3 Å². The maximum Gasteiger partial charge on any atom is 0.254 e. The van der Waals surface area contributed by atoms with Gasteiger partial charge in [0.1, 0.15) is 0 Å². The van der Waals surface area contributed by atoms with E-state index >= 15 is 0 Å². The lowest BCUT2D eigenvalue weighted by Gasteiger charge is -2.33. The van der Waals surface area contributed by atoms with Crippen molar-refractivity contribution in [2.24, 2.45) is 5.92 Å². The highest BCUT2D eigenvalue weighted by atomic mass is 16.3. The van der Waals surface area contributed by atoms with E-state index in [0.29, 0.717) is 31.1 Å². The number of benzene rings is 1. The summed E-state index contributed by atoms with van der Waals surface area (Å²) in [5.41, 5.74) is 1.44.